The van der Waals surface area contributed by atoms with Crippen molar-refractivity contribution in [2.45, 2.75) is 13.5 Å². The summed E-state index contributed by atoms with van der Waals surface area (Å²) in [5.74, 6) is 0.357. The van der Waals surface area contributed by atoms with Gasteiger partial charge in [0.05, 0.1) is 29.9 Å². The molecule has 0 aliphatic carbocycles. The minimum Gasteiger partial charge on any atom is -0.497 e. The third-order valence-corrected chi connectivity index (χ3v) is 6.17. The van der Waals surface area contributed by atoms with E-state index in [4.69, 9.17) is 4.74 Å². The van der Waals surface area contributed by atoms with Gasteiger partial charge in [0.15, 0.2) is 10.8 Å². The quantitative estimate of drug-likeness (QED) is 0.441. The first-order chi connectivity index (χ1) is 15.0. The van der Waals surface area contributed by atoms with Crippen molar-refractivity contribution in [3.05, 3.63) is 64.6 Å². The molecule has 3 heterocycles. The van der Waals surface area contributed by atoms with Crippen LogP contribution in [0.2, 0.25) is 0 Å². The molecular formula is C21H19N5O3S2. The largest absolute Gasteiger partial charge is 0.497 e. The van der Waals surface area contributed by atoms with Gasteiger partial charge in [-0.3, -0.25) is 14.9 Å². The lowest BCUT2D eigenvalue weighted by Gasteiger charge is -2.03. The van der Waals surface area contributed by atoms with Crippen LogP contribution in [0.25, 0.3) is 16.3 Å². The van der Waals surface area contributed by atoms with E-state index < -0.39 is 0 Å². The van der Waals surface area contributed by atoms with Gasteiger partial charge in [0.1, 0.15) is 5.75 Å². The molecule has 0 saturated heterocycles. The molecular weight excluding hydrogens is 434 g/mol. The average Bonchev–Trinajstić information content (AvgIpc) is 3.52. The van der Waals surface area contributed by atoms with Gasteiger partial charge in [-0.05, 0) is 42.5 Å². The lowest BCUT2D eigenvalue weighted by Crippen LogP contribution is -2.17. The summed E-state index contributed by atoms with van der Waals surface area (Å²) in [6.07, 6.45) is 1.73. The summed E-state index contributed by atoms with van der Waals surface area (Å²) in [7, 11) is 1.61. The van der Waals surface area contributed by atoms with Gasteiger partial charge in [-0.1, -0.05) is 0 Å². The number of thiazole rings is 1. The van der Waals surface area contributed by atoms with Crippen molar-refractivity contribution in [2.24, 2.45) is 0 Å². The van der Waals surface area contributed by atoms with Gasteiger partial charge < -0.3 is 10.1 Å². The summed E-state index contributed by atoms with van der Waals surface area (Å²) in [4.78, 5) is 30.1. The molecule has 3 aromatic heterocycles. The molecule has 4 aromatic rings. The van der Waals surface area contributed by atoms with Crippen molar-refractivity contribution < 1.29 is 14.3 Å². The molecule has 1 aromatic carbocycles. The predicted molar refractivity (Wildman–Crippen MR) is 121 cm³/mol. The zero-order chi connectivity index (χ0) is 21.8. The SMILES string of the molecule is COc1ccc(-n2ccc(C(=O)Nc3nc(-c4ccc(CNC(C)=O)s4)cs3)n2)cc1. The topological polar surface area (TPSA) is 98.1 Å². The third kappa shape index (κ3) is 4.98. The van der Waals surface area contributed by atoms with E-state index in [0.29, 0.717) is 17.4 Å². The lowest BCUT2D eigenvalue weighted by atomic mass is 10.3. The monoisotopic (exact) mass is 453 g/mol. The van der Waals surface area contributed by atoms with Crippen LogP contribution in [0.4, 0.5) is 5.13 Å². The second-order valence-electron chi connectivity index (χ2n) is 6.51. The maximum atomic E-state index is 12.6. The molecule has 0 aliphatic rings. The fourth-order valence-corrected chi connectivity index (χ4v) is 4.44. The zero-order valence-corrected chi connectivity index (χ0v) is 18.4. The van der Waals surface area contributed by atoms with Gasteiger partial charge >= 0.3 is 0 Å². The number of nitrogens with one attached hydrogen (secondary N) is 2. The van der Waals surface area contributed by atoms with Crippen LogP contribution in [0.15, 0.2) is 54.0 Å². The number of ether oxygens (including phenoxy) is 1. The van der Waals surface area contributed by atoms with Gasteiger partial charge in [-0.15, -0.1) is 22.7 Å². The van der Waals surface area contributed by atoms with Gasteiger partial charge in [-0.2, -0.15) is 5.10 Å². The number of benzene rings is 1. The smallest absolute Gasteiger partial charge is 0.277 e. The number of hydrogen-bond donors (Lipinski definition) is 2. The lowest BCUT2D eigenvalue weighted by molar-refractivity contribution is -0.119. The minimum absolute atomic E-state index is 0.0666. The van der Waals surface area contributed by atoms with Crippen LogP contribution >= 0.6 is 22.7 Å². The summed E-state index contributed by atoms with van der Waals surface area (Å²) in [5.41, 5.74) is 1.90. The van der Waals surface area contributed by atoms with Crippen LogP contribution in [0, 0.1) is 0 Å². The highest BCUT2D eigenvalue weighted by molar-refractivity contribution is 7.17. The van der Waals surface area contributed by atoms with E-state index in [-0.39, 0.29) is 11.8 Å². The van der Waals surface area contributed by atoms with Crippen LogP contribution in [0.5, 0.6) is 5.75 Å². The summed E-state index contributed by atoms with van der Waals surface area (Å²) in [5, 5.41) is 12.3. The number of carbonyl (C=O) groups is 2. The fourth-order valence-electron chi connectivity index (χ4n) is 2.75. The Kier molecular flexibility index (Phi) is 6.10. The third-order valence-electron chi connectivity index (χ3n) is 4.31. The molecule has 4 rings (SSSR count). The maximum Gasteiger partial charge on any atom is 0.277 e. The number of carbonyl (C=O) groups excluding carboxylic acids is 2. The number of thiophene rings is 1. The van der Waals surface area contributed by atoms with Crippen LogP contribution < -0.4 is 15.4 Å². The zero-order valence-electron chi connectivity index (χ0n) is 16.8. The number of amides is 2. The molecule has 0 spiro atoms. The second kappa shape index (κ2) is 9.11. The van der Waals surface area contributed by atoms with Crippen LogP contribution in [-0.4, -0.2) is 33.7 Å². The Bertz CT molecular complexity index is 1210. The van der Waals surface area contributed by atoms with Crippen molar-refractivity contribution >= 4 is 39.6 Å². The van der Waals surface area contributed by atoms with Crippen molar-refractivity contribution in [1.82, 2.24) is 20.1 Å². The van der Waals surface area contributed by atoms with E-state index in [2.05, 4.69) is 20.7 Å². The molecule has 0 bridgehead atoms. The van der Waals surface area contributed by atoms with E-state index in [1.807, 2.05) is 41.8 Å². The number of methoxy groups -OCH3 is 1. The van der Waals surface area contributed by atoms with E-state index in [9.17, 15) is 9.59 Å². The Morgan fingerprint density at radius 2 is 1.94 bits per heavy atom. The number of nitrogens with zero attached hydrogens (tertiary/aromatic N) is 3. The van der Waals surface area contributed by atoms with Crippen molar-refractivity contribution in [1.29, 1.82) is 0 Å². The molecule has 0 radical (unpaired) electrons. The average molecular weight is 454 g/mol. The molecule has 31 heavy (non-hydrogen) atoms. The van der Waals surface area contributed by atoms with E-state index in [1.165, 1.54) is 18.3 Å². The number of anilines is 1. The molecule has 0 unspecified atom stereocenters. The highest BCUT2D eigenvalue weighted by Gasteiger charge is 2.14. The molecule has 0 atom stereocenters. The Morgan fingerprint density at radius 3 is 2.68 bits per heavy atom. The molecule has 2 N–H and O–H groups in total. The van der Waals surface area contributed by atoms with E-state index >= 15 is 0 Å². The normalized spacial score (nSPS) is 10.6. The highest BCUT2D eigenvalue weighted by Crippen LogP contribution is 2.31. The molecule has 0 fully saturated rings. The van der Waals surface area contributed by atoms with Crippen LogP contribution in [-0.2, 0) is 11.3 Å². The summed E-state index contributed by atoms with van der Waals surface area (Å²) < 4.78 is 6.79. The van der Waals surface area contributed by atoms with Crippen LogP contribution in [0.1, 0.15) is 22.3 Å². The van der Waals surface area contributed by atoms with Gasteiger partial charge in [0.25, 0.3) is 5.91 Å². The first kappa shape index (κ1) is 20.8. The van der Waals surface area contributed by atoms with Gasteiger partial charge in [0.2, 0.25) is 5.91 Å². The number of rotatable bonds is 7. The number of hydrogen-bond acceptors (Lipinski definition) is 7. The minimum atomic E-state index is -0.328. The molecule has 8 nitrogen and oxygen atoms in total. The Balaban J connectivity index is 1.41. The summed E-state index contributed by atoms with van der Waals surface area (Å²) in [6, 6.07) is 13.0. The van der Waals surface area contributed by atoms with Crippen LogP contribution in [0.3, 0.4) is 0 Å². The molecule has 10 heteroatoms. The highest BCUT2D eigenvalue weighted by atomic mass is 32.1. The standard InChI is InChI=1S/C21H19N5O3S2/c1-13(27)22-11-16-7-8-19(31-16)18-12-30-21(23-18)24-20(28)17-9-10-26(25-17)14-3-5-15(29-2)6-4-14/h3-10,12H,11H2,1-2H3,(H,22,27)(H,23,24,28). The second-order valence-corrected chi connectivity index (χ2v) is 8.54. The predicted octanol–water partition coefficient (Wildman–Crippen LogP) is 3.95. The van der Waals surface area contributed by atoms with Crippen molar-refractivity contribution in [3.63, 3.8) is 0 Å². The summed E-state index contributed by atoms with van der Waals surface area (Å²) in [6.45, 7) is 1.98. The molecule has 0 aliphatic heterocycles. The van der Waals surface area contributed by atoms with Gasteiger partial charge in [-0.25, -0.2) is 9.67 Å². The first-order valence-electron chi connectivity index (χ1n) is 9.32. The van der Waals surface area contributed by atoms with Crippen molar-refractivity contribution in [2.75, 3.05) is 12.4 Å². The van der Waals surface area contributed by atoms with E-state index in [0.717, 1.165) is 26.9 Å². The Hall–Kier alpha value is -3.50. The first-order valence-corrected chi connectivity index (χ1v) is 11.0. The Morgan fingerprint density at radius 1 is 1.13 bits per heavy atom. The molecule has 0 saturated carbocycles. The maximum absolute atomic E-state index is 12.6. The van der Waals surface area contributed by atoms with Gasteiger partial charge in [0, 0.05) is 23.4 Å². The molecule has 2 amide bonds. The number of aromatic nitrogens is 3. The molecule has 158 valence electrons. The van der Waals surface area contributed by atoms with E-state index in [1.54, 1.807) is 35.4 Å². The van der Waals surface area contributed by atoms with Crippen molar-refractivity contribution in [3.8, 4) is 22.0 Å². The Labute approximate surface area is 186 Å². The fraction of sp³-hybridized carbons (Fsp3) is 0.143. The summed E-state index contributed by atoms with van der Waals surface area (Å²) >= 11 is 2.90.